The van der Waals surface area contributed by atoms with Crippen LogP contribution < -0.4 is 0 Å². The predicted molar refractivity (Wildman–Crippen MR) is 114 cm³/mol. The molecule has 3 nitrogen and oxygen atoms in total. The number of ether oxygens (including phenoxy) is 1. The van der Waals surface area contributed by atoms with Crippen molar-refractivity contribution in [1.29, 1.82) is 0 Å². The van der Waals surface area contributed by atoms with Crippen LogP contribution in [0.15, 0.2) is 0 Å². The summed E-state index contributed by atoms with van der Waals surface area (Å²) in [5.41, 5.74) is 0.628. The fourth-order valence-electron chi connectivity index (χ4n) is 8.96. The number of hydrogen-bond acceptors (Lipinski definition) is 3. The van der Waals surface area contributed by atoms with Gasteiger partial charge in [0.2, 0.25) is 0 Å². The number of fused-ring (bicyclic) bond motifs is 5. The molecule has 0 bridgehead atoms. The Morgan fingerprint density at radius 2 is 1.55 bits per heavy atom. The number of aliphatic hydroxyl groups excluding tert-OH is 1. The highest BCUT2D eigenvalue weighted by molar-refractivity contribution is 5.72. The van der Waals surface area contributed by atoms with E-state index in [1.807, 2.05) is 0 Å². The standard InChI is InChI=1S/C26H42O3/c1-25-14-12-19(27)16-18(25)8-9-20-21-10-11-23(26(21,2)15-13-22(20)25)29-24(28)17-6-4-3-5-7-17/h17-23,27H,3-16H2,1-2H3/t18-,19?,20?,21?,22?,23?,25+,26+/m1/s1. The van der Waals surface area contributed by atoms with E-state index in [1.165, 1.54) is 57.8 Å². The number of hydrogen-bond donors (Lipinski definition) is 1. The van der Waals surface area contributed by atoms with E-state index in [-0.39, 0.29) is 29.5 Å². The van der Waals surface area contributed by atoms with E-state index < -0.39 is 0 Å². The fourth-order valence-corrected chi connectivity index (χ4v) is 8.96. The van der Waals surface area contributed by atoms with E-state index >= 15 is 0 Å². The molecule has 0 saturated heterocycles. The third-order valence-electron chi connectivity index (χ3n) is 10.7. The van der Waals surface area contributed by atoms with Crippen LogP contribution in [0.4, 0.5) is 0 Å². The molecule has 0 aromatic carbocycles. The minimum Gasteiger partial charge on any atom is -0.462 e. The van der Waals surface area contributed by atoms with Crippen molar-refractivity contribution >= 4 is 5.97 Å². The van der Waals surface area contributed by atoms with Gasteiger partial charge in [0.05, 0.1) is 12.0 Å². The first-order valence-corrected chi connectivity index (χ1v) is 12.8. The lowest BCUT2D eigenvalue weighted by Gasteiger charge is -2.60. The minimum atomic E-state index is -0.0615. The van der Waals surface area contributed by atoms with Gasteiger partial charge in [0.15, 0.2) is 0 Å². The van der Waals surface area contributed by atoms with E-state index in [0.29, 0.717) is 5.41 Å². The molecular formula is C26H42O3. The average molecular weight is 403 g/mol. The molecule has 29 heavy (non-hydrogen) atoms. The zero-order chi connectivity index (χ0) is 20.2. The Kier molecular flexibility index (Phi) is 5.28. The van der Waals surface area contributed by atoms with Gasteiger partial charge in [-0.05, 0) is 99.7 Å². The molecule has 5 unspecified atom stereocenters. The highest BCUT2D eigenvalue weighted by atomic mass is 16.5. The Balaban J connectivity index is 1.30. The van der Waals surface area contributed by atoms with Crippen LogP contribution >= 0.6 is 0 Å². The largest absolute Gasteiger partial charge is 0.462 e. The topological polar surface area (TPSA) is 46.5 Å². The van der Waals surface area contributed by atoms with Crippen molar-refractivity contribution in [2.24, 2.45) is 40.4 Å². The van der Waals surface area contributed by atoms with Gasteiger partial charge in [-0.2, -0.15) is 0 Å². The Hall–Kier alpha value is -0.570. The Morgan fingerprint density at radius 3 is 2.34 bits per heavy atom. The van der Waals surface area contributed by atoms with E-state index in [2.05, 4.69) is 13.8 Å². The summed E-state index contributed by atoms with van der Waals surface area (Å²) in [5, 5.41) is 10.2. The van der Waals surface area contributed by atoms with Gasteiger partial charge in [-0.15, -0.1) is 0 Å². The third-order valence-corrected chi connectivity index (χ3v) is 10.7. The molecule has 5 fully saturated rings. The smallest absolute Gasteiger partial charge is 0.309 e. The molecule has 3 heteroatoms. The monoisotopic (exact) mass is 402 g/mol. The molecule has 0 spiro atoms. The molecule has 0 aliphatic heterocycles. The van der Waals surface area contributed by atoms with Crippen molar-refractivity contribution in [2.45, 2.75) is 116 Å². The normalized spacial score (nSPS) is 50.3. The molecule has 5 saturated carbocycles. The van der Waals surface area contributed by atoms with Gasteiger partial charge in [0.1, 0.15) is 6.10 Å². The van der Waals surface area contributed by atoms with Crippen LogP contribution in [-0.2, 0) is 9.53 Å². The summed E-state index contributed by atoms with van der Waals surface area (Å²) in [6.45, 7) is 5.01. The second-order valence-electron chi connectivity index (χ2n) is 12.0. The molecule has 164 valence electrons. The van der Waals surface area contributed by atoms with Crippen LogP contribution in [-0.4, -0.2) is 23.3 Å². The number of rotatable bonds is 2. The minimum absolute atomic E-state index is 0.0615. The summed E-state index contributed by atoms with van der Waals surface area (Å²) >= 11 is 0. The van der Waals surface area contributed by atoms with Crippen molar-refractivity contribution in [2.75, 3.05) is 0 Å². The quantitative estimate of drug-likeness (QED) is 0.587. The summed E-state index contributed by atoms with van der Waals surface area (Å²) in [6.07, 6.45) is 16.6. The van der Waals surface area contributed by atoms with Crippen LogP contribution in [0.25, 0.3) is 0 Å². The van der Waals surface area contributed by atoms with E-state index in [0.717, 1.165) is 55.8 Å². The van der Waals surface area contributed by atoms with Crippen LogP contribution in [0.2, 0.25) is 0 Å². The first-order chi connectivity index (χ1) is 13.9. The number of carbonyl (C=O) groups excluding carboxylic acids is 1. The van der Waals surface area contributed by atoms with Crippen molar-refractivity contribution in [3.63, 3.8) is 0 Å². The maximum Gasteiger partial charge on any atom is 0.309 e. The molecule has 0 radical (unpaired) electrons. The van der Waals surface area contributed by atoms with Gasteiger partial charge >= 0.3 is 5.97 Å². The van der Waals surface area contributed by atoms with Crippen LogP contribution in [0, 0.1) is 40.4 Å². The molecular weight excluding hydrogens is 360 g/mol. The van der Waals surface area contributed by atoms with Crippen LogP contribution in [0.1, 0.15) is 104 Å². The first-order valence-electron chi connectivity index (χ1n) is 12.8. The van der Waals surface area contributed by atoms with Gasteiger partial charge in [-0.3, -0.25) is 4.79 Å². The zero-order valence-corrected chi connectivity index (χ0v) is 18.7. The Labute approximate surface area is 177 Å². The highest BCUT2D eigenvalue weighted by Crippen LogP contribution is 2.66. The second-order valence-corrected chi connectivity index (χ2v) is 12.0. The summed E-state index contributed by atoms with van der Waals surface area (Å²) in [6, 6.07) is 0. The summed E-state index contributed by atoms with van der Waals surface area (Å²) < 4.78 is 6.28. The first kappa shape index (κ1) is 20.3. The van der Waals surface area contributed by atoms with E-state index in [4.69, 9.17) is 4.74 Å². The number of carbonyl (C=O) groups is 1. The maximum atomic E-state index is 12.9. The molecule has 5 rings (SSSR count). The average Bonchev–Trinajstić information content (AvgIpc) is 3.05. The summed E-state index contributed by atoms with van der Waals surface area (Å²) in [5.74, 6) is 3.37. The maximum absolute atomic E-state index is 12.9. The zero-order valence-electron chi connectivity index (χ0n) is 18.7. The van der Waals surface area contributed by atoms with Crippen molar-refractivity contribution < 1.29 is 14.6 Å². The second kappa shape index (κ2) is 7.53. The van der Waals surface area contributed by atoms with Gasteiger partial charge in [0.25, 0.3) is 0 Å². The molecule has 0 heterocycles. The van der Waals surface area contributed by atoms with Crippen molar-refractivity contribution in [3.05, 3.63) is 0 Å². The lowest BCUT2D eigenvalue weighted by molar-refractivity contribution is -0.170. The number of aliphatic hydroxyl groups is 1. The highest BCUT2D eigenvalue weighted by Gasteiger charge is 2.61. The molecule has 0 amide bonds. The van der Waals surface area contributed by atoms with Crippen molar-refractivity contribution in [1.82, 2.24) is 0 Å². The van der Waals surface area contributed by atoms with Crippen LogP contribution in [0.5, 0.6) is 0 Å². The Bertz CT molecular complexity index is 625. The van der Waals surface area contributed by atoms with Crippen molar-refractivity contribution in [3.8, 4) is 0 Å². The van der Waals surface area contributed by atoms with E-state index in [1.54, 1.807) is 0 Å². The molecule has 8 atom stereocenters. The van der Waals surface area contributed by atoms with Gasteiger partial charge in [-0.25, -0.2) is 0 Å². The molecule has 1 N–H and O–H groups in total. The Morgan fingerprint density at radius 1 is 0.828 bits per heavy atom. The lowest BCUT2D eigenvalue weighted by atomic mass is 9.45. The van der Waals surface area contributed by atoms with Gasteiger partial charge in [-0.1, -0.05) is 33.1 Å². The lowest BCUT2D eigenvalue weighted by Crippen LogP contribution is -2.54. The van der Waals surface area contributed by atoms with Gasteiger partial charge in [0, 0.05) is 5.41 Å². The van der Waals surface area contributed by atoms with Crippen LogP contribution in [0.3, 0.4) is 0 Å². The molecule has 0 aromatic rings. The fraction of sp³-hybridized carbons (Fsp3) is 0.962. The number of esters is 1. The molecule has 0 aromatic heterocycles. The predicted octanol–water partition coefficient (Wildman–Crippen LogP) is 5.88. The summed E-state index contributed by atoms with van der Waals surface area (Å²) in [4.78, 5) is 12.9. The third kappa shape index (κ3) is 3.29. The van der Waals surface area contributed by atoms with Gasteiger partial charge < -0.3 is 9.84 Å². The summed E-state index contributed by atoms with van der Waals surface area (Å²) in [7, 11) is 0. The molecule has 5 aliphatic carbocycles. The SMILES string of the molecule is C[C@]12CCC3C(CC[C@@H]4CC(O)CC[C@]34C)C1CCC2OC(=O)C1CCCCC1. The van der Waals surface area contributed by atoms with E-state index in [9.17, 15) is 9.90 Å². The molecule has 5 aliphatic rings.